The highest BCUT2D eigenvalue weighted by Crippen LogP contribution is 1.97. The Bertz CT molecular complexity index is 115. The maximum Gasteiger partial charge on any atom is 0.453 e. The Kier molecular flexibility index (Phi) is 5.61. The van der Waals surface area contributed by atoms with Crippen LogP contribution in [0.3, 0.4) is 0 Å². The van der Waals surface area contributed by atoms with E-state index >= 15 is 0 Å². The summed E-state index contributed by atoms with van der Waals surface area (Å²) < 4.78 is 0. The smallest absolute Gasteiger partial charge is 0.305 e. The molecular formula is C8H16NO2. The second-order valence-electron chi connectivity index (χ2n) is 2.61. The molecule has 3 nitrogen and oxygen atoms in total. The van der Waals surface area contributed by atoms with E-state index in [1.807, 2.05) is 13.8 Å². The Labute approximate surface area is 68.0 Å². The van der Waals surface area contributed by atoms with Crippen LogP contribution in [0.5, 0.6) is 0 Å². The minimum Gasteiger partial charge on any atom is -0.305 e. The van der Waals surface area contributed by atoms with Gasteiger partial charge in [0.25, 0.3) is 0 Å². The molecule has 0 unspecified atom stereocenters. The summed E-state index contributed by atoms with van der Waals surface area (Å²) in [4.78, 5) is 11.8. The van der Waals surface area contributed by atoms with Crippen molar-refractivity contribution >= 4 is 6.09 Å². The number of amides is 1. The van der Waals surface area contributed by atoms with E-state index in [0.29, 0.717) is 13.1 Å². The lowest BCUT2D eigenvalue weighted by molar-refractivity contribution is 0.119. The fraction of sp³-hybridized carbons (Fsp3) is 0.875. The molecule has 0 aliphatic rings. The molecule has 1 radical (unpaired) electrons. The first-order valence-electron chi connectivity index (χ1n) is 4.18. The van der Waals surface area contributed by atoms with Crippen LogP contribution in [0, 0.1) is 0 Å². The molecular weight excluding hydrogens is 142 g/mol. The Morgan fingerprint density at radius 1 is 1.18 bits per heavy atom. The SMILES string of the molecule is CCCCN(CCC)C([O])=O. The van der Waals surface area contributed by atoms with Crippen molar-refractivity contribution in [3.05, 3.63) is 0 Å². The molecule has 0 aromatic rings. The van der Waals surface area contributed by atoms with Crippen molar-refractivity contribution in [3.8, 4) is 0 Å². The van der Waals surface area contributed by atoms with E-state index in [-0.39, 0.29) is 0 Å². The molecule has 0 rings (SSSR count). The zero-order chi connectivity index (χ0) is 8.69. The summed E-state index contributed by atoms with van der Waals surface area (Å²) in [6, 6.07) is 0. The van der Waals surface area contributed by atoms with Crippen LogP contribution in [0.2, 0.25) is 0 Å². The first-order chi connectivity index (χ1) is 5.22. The fourth-order valence-corrected chi connectivity index (χ4v) is 0.913. The van der Waals surface area contributed by atoms with Crippen LogP contribution >= 0.6 is 0 Å². The lowest BCUT2D eigenvalue weighted by Crippen LogP contribution is -2.30. The summed E-state index contributed by atoms with van der Waals surface area (Å²) in [5, 5.41) is 10.4. The molecule has 0 saturated heterocycles. The molecule has 1 amide bonds. The zero-order valence-corrected chi connectivity index (χ0v) is 7.30. The summed E-state index contributed by atoms with van der Waals surface area (Å²) in [6.07, 6.45) is 1.76. The highest BCUT2D eigenvalue weighted by atomic mass is 16.4. The predicted octanol–water partition coefficient (Wildman–Crippen LogP) is 2.05. The standard InChI is InChI=1S/C8H16NO2/c1-3-5-7-9(6-4-2)8(10)11/h3-7H2,1-2H3. The van der Waals surface area contributed by atoms with Gasteiger partial charge in [0.2, 0.25) is 0 Å². The van der Waals surface area contributed by atoms with Gasteiger partial charge in [0.05, 0.1) is 0 Å². The summed E-state index contributed by atoms with van der Waals surface area (Å²) in [6.45, 7) is 5.22. The molecule has 0 aromatic carbocycles. The van der Waals surface area contributed by atoms with Gasteiger partial charge < -0.3 is 4.90 Å². The van der Waals surface area contributed by atoms with Crippen molar-refractivity contribution in [2.24, 2.45) is 0 Å². The van der Waals surface area contributed by atoms with Crippen LogP contribution in [0.25, 0.3) is 0 Å². The van der Waals surface area contributed by atoms with Crippen molar-refractivity contribution in [3.63, 3.8) is 0 Å². The second-order valence-corrected chi connectivity index (χ2v) is 2.61. The maximum atomic E-state index is 10.4. The molecule has 11 heavy (non-hydrogen) atoms. The van der Waals surface area contributed by atoms with Crippen LogP contribution in [0.15, 0.2) is 0 Å². The Balaban J connectivity index is 3.60. The van der Waals surface area contributed by atoms with Gasteiger partial charge in [-0.3, -0.25) is 0 Å². The van der Waals surface area contributed by atoms with E-state index in [4.69, 9.17) is 0 Å². The number of carbonyl (C=O) groups is 1. The Morgan fingerprint density at radius 3 is 2.18 bits per heavy atom. The first-order valence-corrected chi connectivity index (χ1v) is 4.18. The lowest BCUT2D eigenvalue weighted by Gasteiger charge is -2.15. The van der Waals surface area contributed by atoms with Crippen LogP contribution < -0.4 is 0 Å². The molecule has 3 heteroatoms. The van der Waals surface area contributed by atoms with Crippen molar-refractivity contribution in [1.82, 2.24) is 4.90 Å². The predicted molar refractivity (Wildman–Crippen MR) is 42.9 cm³/mol. The van der Waals surface area contributed by atoms with Crippen LogP contribution in [0.1, 0.15) is 33.1 Å². The van der Waals surface area contributed by atoms with Gasteiger partial charge in [-0.1, -0.05) is 20.3 Å². The topological polar surface area (TPSA) is 40.2 Å². The number of nitrogens with zero attached hydrogens (tertiary/aromatic N) is 1. The van der Waals surface area contributed by atoms with Crippen molar-refractivity contribution < 1.29 is 9.90 Å². The van der Waals surface area contributed by atoms with Gasteiger partial charge in [-0.15, -0.1) is 0 Å². The quantitative estimate of drug-likeness (QED) is 0.603. The molecule has 65 valence electrons. The average Bonchev–Trinajstić information content (AvgIpc) is 1.97. The van der Waals surface area contributed by atoms with Crippen LogP contribution in [-0.4, -0.2) is 24.1 Å². The third-order valence-corrected chi connectivity index (χ3v) is 1.53. The Hall–Kier alpha value is -0.730. The van der Waals surface area contributed by atoms with E-state index in [1.54, 1.807) is 0 Å². The van der Waals surface area contributed by atoms with Gasteiger partial charge >= 0.3 is 6.09 Å². The molecule has 0 N–H and O–H groups in total. The number of unbranched alkanes of at least 4 members (excludes halogenated alkanes) is 1. The van der Waals surface area contributed by atoms with Gasteiger partial charge in [0.15, 0.2) is 0 Å². The van der Waals surface area contributed by atoms with Crippen molar-refractivity contribution in [2.45, 2.75) is 33.1 Å². The highest BCUT2D eigenvalue weighted by molar-refractivity contribution is 5.64. The normalized spacial score (nSPS) is 9.64. The molecule has 0 fully saturated rings. The van der Waals surface area contributed by atoms with E-state index < -0.39 is 6.09 Å². The number of hydrogen-bond acceptors (Lipinski definition) is 1. The number of carbonyl (C=O) groups excluding carboxylic acids is 1. The third-order valence-electron chi connectivity index (χ3n) is 1.53. The Morgan fingerprint density at radius 2 is 1.82 bits per heavy atom. The zero-order valence-electron chi connectivity index (χ0n) is 7.30. The lowest BCUT2D eigenvalue weighted by atomic mass is 10.3. The van der Waals surface area contributed by atoms with Gasteiger partial charge in [0.1, 0.15) is 0 Å². The monoisotopic (exact) mass is 158 g/mol. The van der Waals surface area contributed by atoms with Gasteiger partial charge in [-0.25, -0.2) is 9.90 Å². The molecule has 0 aliphatic carbocycles. The third kappa shape index (κ3) is 4.65. The van der Waals surface area contributed by atoms with Gasteiger partial charge in [0, 0.05) is 13.1 Å². The van der Waals surface area contributed by atoms with E-state index in [9.17, 15) is 9.90 Å². The minimum absolute atomic E-state index is 0.600. The van der Waals surface area contributed by atoms with E-state index in [0.717, 1.165) is 19.3 Å². The summed E-state index contributed by atoms with van der Waals surface area (Å²) >= 11 is 0. The summed E-state index contributed by atoms with van der Waals surface area (Å²) in [5.41, 5.74) is 0. The molecule has 0 saturated carbocycles. The number of hydrogen-bond donors (Lipinski definition) is 0. The highest BCUT2D eigenvalue weighted by Gasteiger charge is 2.10. The van der Waals surface area contributed by atoms with Crippen molar-refractivity contribution in [2.75, 3.05) is 13.1 Å². The molecule has 0 aromatic heterocycles. The maximum absolute atomic E-state index is 10.4. The summed E-state index contributed by atoms with van der Waals surface area (Å²) in [5.74, 6) is 0. The minimum atomic E-state index is -1.04. The largest absolute Gasteiger partial charge is 0.453 e. The molecule has 0 spiro atoms. The van der Waals surface area contributed by atoms with Gasteiger partial charge in [-0.2, -0.15) is 0 Å². The van der Waals surface area contributed by atoms with Gasteiger partial charge in [-0.05, 0) is 12.8 Å². The van der Waals surface area contributed by atoms with E-state index in [1.165, 1.54) is 4.90 Å². The summed E-state index contributed by atoms with van der Waals surface area (Å²) in [7, 11) is 0. The van der Waals surface area contributed by atoms with Crippen molar-refractivity contribution in [1.29, 1.82) is 0 Å². The van der Waals surface area contributed by atoms with Crippen LogP contribution in [0.4, 0.5) is 4.79 Å². The number of rotatable bonds is 5. The molecule has 0 aliphatic heterocycles. The molecule has 0 bridgehead atoms. The van der Waals surface area contributed by atoms with Crippen LogP contribution in [-0.2, 0) is 5.11 Å². The first kappa shape index (κ1) is 10.3. The average molecular weight is 158 g/mol. The molecule has 0 atom stereocenters. The second kappa shape index (κ2) is 6.01. The van der Waals surface area contributed by atoms with E-state index in [2.05, 4.69) is 0 Å². The molecule has 0 heterocycles. The fourth-order valence-electron chi connectivity index (χ4n) is 0.913.